The number of ether oxygens (including phenoxy) is 1. The van der Waals surface area contributed by atoms with Gasteiger partial charge in [-0.05, 0) is 113 Å². The maximum absolute atomic E-state index is 15.4. The van der Waals surface area contributed by atoms with Gasteiger partial charge in [-0.1, -0.05) is 101 Å². The number of carbonyl (C=O) groups is 12. The number of esters is 1. The van der Waals surface area contributed by atoms with Crippen molar-refractivity contribution >= 4 is 70.9 Å². The van der Waals surface area contributed by atoms with Gasteiger partial charge in [-0.25, -0.2) is 4.79 Å². The van der Waals surface area contributed by atoms with Gasteiger partial charge in [-0.15, -0.1) is 6.42 Å². The summed E-state index contributed by atoms with van der Waals surface area (Å²) in [5.41, 5.74) is 1.21. The Hall–Kier alpha value is -5.39. The molecule has 5 N–H and O–H groups in total. The van der Waals surface area contributed by atoms with Gasteiger partial charge in [0.2, 0.25) is 65.0 Å². The third kappa shape index (κ3) is 26.5. The molecule has 553 valence electrons. The summed E-state index contributed by atoms with van der Waals surface area (Å²) in [5.74, 6) is -10.4. The minimum absolute atomic E-state index is 0. The zero-order valence-electron chi connectivity index (χ0n) is 63.4. The molecule has 0 saturated carbocycles. The maximum atomic E-state index is 15.4. The zero-order chi connectivity index (χ0) is 73.1. The number of hydrogen-bond acceptors (Lipinski definition) is 14. The monoisotopic (exact) mass is 1620 g/mol. The molecule has 1 aromatic rings. The van der Waals surface area contributed by atoms with Crippen molar-refractivity contribution in [2.45, 2.75) is 235 Å². The minimum Gasteiger partial charge on any atom is -0.462 e. The number of aliphatic hydroxyl groups is 1. The second-order valence-electron chi connectivity index (χ2n) is 28.4. The molecule has 25 nitrogen and oxygen atoms in total. The second kappa shape index (κ2) is 43.4. The Morgan fingerprint density at radius 2 is 1.02 bits per heavy atom. The van der Waals surface area contributed by atoms with Crippen molar-refractivity contribution in [2.24, 2.45) is 35.5 Å². The van der Waals surface area contributed by atoms with Gasteiger partial charge < -0.3 is 85.7 Å². The van der Waals surface area contributed by atoms with Crippen LogP contribution >= 0.6 is 0 Å². The summed E-state index contributed by atoms with van der Waals surface area (Å²) in [5, 5.41) is 23.4. The Morgan fingerprint density at radius 1 is 0.561 bits per heavy atom. The average Bonchev–Trinajstić information content (AvgIpc) is 0.804. The first-order chi connectivity index (χ1) is 44.0. The molecule has 1 aliphatic rings. The number of aryl methyl sites for hydroxylation is 1. The van der Waals surface area contributed by atoms with Crippen LogP contribution in [0.15, 0.2) is 24.3 Å². The summed E-state index contributed by atoms with van der Waals surface area (Å²) >= 11 is 0. The van der Waals surface area contributed by atoms with E-state index in [9.17, 15) is 43.5 Å². The quantitative estimate of drug-likeness (QED) is 0.0746. The molecule has 0 spiro atoms. The molecule has 1 radical (unpaired) electrons. The van der Waals surface area contributed by atoms with E-state index in [1.165, 1.54) is 82.8 Å². The topological polar surface area (TPSA) is 305 Å². The third-order valence-corrected chi connectivity index (χ3v) is 17.8. The fourth-order valence-corrected chi connectivity index (χ4v) is 11.8. The Kier molecular flexibility index (Phi) is 41.9. The van der Waals surface area contributed by atoms with Crippen molar-refractivity contribution in [1.82, 2.24) is 55.6 Å². The summed E-state index contributed by atoms with van der Waals surface area (Å²) in [4.78, 5) is 183. The summed E-state index contributed by atoms with van der Waals surface area (Å²) in [7, 11) is 9.67. The zero-order valence-corrected chi connectivity index (χ0v) is 69.2. The van der Waals surface area contributed by atoms with E-state index in [0.29, 0.717) is 5.56 Å². The van der Waals surface area contributed by atoms with E-state index in [1.807, 2.05) is 54.5 Å². The van der Waals surface area contributed by atoms with Gasteiger partial charge in [0.15, 0.2) is 0 Å². The summed E-state index contributed by atoms with van der Waals surface area (Å²) in [6.45, 7) is 33.4. The number of aliphatic hydroxyl groups excluding tert-OH is 1. The maximum Gasteiger partial charge on any atom is 2.00 e. The Balaban J connectivity index is 0. The van der Waals surface area contributed by atoms with Crippen molar-refractivity contribution in [1.29, 1.82) is 0 Å². The van der Waals surface area contributed by atoms with Crippen LogP contribution in [-0.2, 0) is 111 Å². The molecule has 27 heteroatoms. The number of hydrogen-bond donors (Lipinski definition) is 5. The van der Waals surface area contributed by atoms with E-state index in [4.69, 9.17) is 4.74 Å². The molecule has 0 bridgehead atoms. The van der Waals surface area contributed by atoms with Gasteiger partial charge in [-0.3, -0.25) is 52.7 Å². The van der Waals surface area contributed by atoms with E-state index in [-0.39, 0.29) is 131 Å². The standard InChI is InChI=1S/C70H117N11O14.CH3.W.Y/c1-26-50-65(89)75(19)48(18)64(88)76(20)52(34-39(4)5)61(85)74-55(42(10)11)68(92)77(21)51(33-38(2)3)60(84)71-46(16)59(83)72-47(17)63(87)78(22)53(35-40(6)7)66(90)79(23)54(36-41(8)9)67(91)80(24)56(43(12)13)69(93)81(25)57(62(86)73-50)58(82)45(15)30-28-32-95-70(94)49-31-27-29-44(14)37-49;;;/h27,29,31,37-38,40-43,45-48,50-58,82H,18,26,28,30,32-36H2,1-17,19-25H3,(H,71,84)(H,72,83)(H,73,86)(H,74,85);1H3;;/q-2;-1;+2;/t45-,46+,47-,48-,50+,51+,52+,53+,54+,55+,56+,57+,58-;;;/m1.../s1. The molecule has 1 fully saturated rings. The van der Waals surface area contributed by atoms with Gasteiger partial charge in [0, 0.05) is 82.0 Å². The molecule has 2 rings (SSSR count). The molecule has 98 heavy (non-hydrogen) atoms. The van der Waals surface area contributed by atoms with E-state index >= 15 is 19.2 Å². The summed E-state index contributed by atoms with van der Waals surface area (Å²) in [6.07, 6.45) is -0.922. The fraction of sp³-hybridized carbons (Fsp3) is 0.704. The Labute approximate surface area is 625 Å². The van der Waals surface area contributed by atoms with Crippen molar-refractivity contribution in [2.75, 3.05) is 55.9 Å². The molecule has 1 aliphatic heterocycles. The van der Waals surface area contributed by atoms with Gasteiger partial charge in [0.05, 0.1) is 24.3 Å². The van der Waals surface area contributed by atoms with Crippen molar-refractivity contribution < 1.29 is 121 Å². The van der Waals surface area contributed by atoms with Gasteiger partial charge in [0.1, 0.15) is 54.4 Å². The van der Waals surface area contributed by atoms with Crippen LogP contribution in [0.25, 0.3) is 0 Å². The van der Waals surface area contributed by atoms with Crippen LogP contribution in [-0.4, -0.2) is 239 Å². The number of amides is 11. The van der Waals surface area contributed by atoms with Crippen LogP contribution in [0.4, 0.5) is 0 Å². The molecule has 0 aromatic heterocycles. The van der Waals surface area contributed by atoms with Crippen molar-refractivity contribution in [3.8, 4) is 0 Å². The van der Waals surface area contributed by atoms with E-state index in [1.54, 1.807) is 73.6 Å². The van der Waals surface area contributed by atoms with Gasteiger partial charge >= 0.3 is 27.0 Å². The first-order valence-electron chi connectivity index (χ1n) is 33.6. The third-order valence-electron chi connectivity index (χ3n) is 17.8. The van der Waals surface area contributed by atoms with Crippen molar-refractivity contribution in [3.63, 3.8) is 0 Å². The fourth-order valence-electron chi connectivity index (χ4n) is 11.8. The molecular formula is C71H120N11O14WY-. The number of nitrogens with one attached hydrogen (secondary N) is 4. The number of nitrogens with zero attached hydrogens (tertiary/aromatic N) is 7. The van der Waals surface area contributed by atoms with E-state index < -0.39 is 161 Å². The molecule has 1 heterocycles. The van der Waals surface area contributed by atoms with Crippen molar-refractivity contribution in [3.05, 3.63) is 55.7 Å². The second-order valence-corrected chi connectivity index (χ2v) is 28.4. The van der Waals surface area contributed by atoms with Crippen LogP contribution in [0.1, 0.15) is 172 Å². The van der Waals surface area contributed by atoms with E-state index in [0.717, 1.165) is 26.2 Å². The molecule has 0 aliphatic carbocycles. The smallest absolute Gasteiger partial charge is 0.462 e. The Bertz CT molecular complexity index is 2830. The Morgan fingerprint density at radius 3 is 1.50 bits per heavy atom. The van der Waals surface area contributed by atoms with Gasteiger partial charge in [-0.2, -0.15) is 13.8 Å². The normalized spacial score (nSPS) is 25.1. The molecule has 1 aromatic carbocycles. The molecule has 11 amide bonds. The molecular weight excluding hydrogens is 1500 g/mol. The predicted molar refractivity (Wildman–Crippen MR) is 370 cm³/mol. The number of rotatable bonds is 18. The number of benzene rings is 1. The van der Waals surface area contributed by atoms with Crippen LogP contribution in [0.3, 0.4) is 0 Å². The minimum atomic E-state index is -1.74. The summed E-state index contributed by atoms with van der Waals surface area (Å²) in [6, 6.07) is -7.64. The van der Waals surface area contributed by atoms with Crippen LogP contribution in [0.5, 0.6) is 0 Å². The number of carbonyl (C=O) groups excluding carboxylic acids is 12. The van der Waals surface area contributed by atoms with Crippen LogP contribution < -0.4 is 21.3 Å². The summed E-state index contributed by atoms with van der Waals surface area (Å²) < 4.78 is 5.56. The molecule has 1 saturated heterocycles. The van der Waals surface area contributed by atoms with Gasteiger partial charge in [0.25, 0.3) is 0 Å². The molecule has 13 atom stereocenters. The SMILES string of the molecule is [CH2-][C@@H]1C(=O)N(C)[C@@H](C[C-](C)C)C(=O)N[C@@H](C(C)C)C(=O)N(C)[C@@H](CC(C)C)C(=O)N[C@@H](C)C(=O)N[C@H](C)C(=O)N(C)[C@@H](CC(C)C)C(=O)N(C)[C@@H](CC(C)C)C(=O)N(C)[C@@H](C(C)C)C(=O)N(C)[C@@H]([C@H](O)[C@H](C)CCCOC(=O)c2cccc(C)c2)C(=O)N[C@@H](CC)C(=O)N1C.[CH3-].[W+2].[Y]. The predicted octanol–water partition coefficient (Wildman–Crippen LogP) is 4.85. The first-order valence-corrected chi connectivity index (χ1v) is 33.6. The number of likely N-dealkylation sites (N-methyl/N-ethyl adjacent to an activating group) is 7. The van der Waals surface area contributed by atoms with Crippen LogP contribution in [0, 0.1) is 62.7 Å². The first kappa shape index (κ1) is 94.7. The molecule has 0 unspecified atom stereocenters. The van der Waals surface area contributed by atoms with Crippen LogP contribution in [0.2, 0.25) is 0 Å². The van der Waals surface area contributed by atoms with E-state index in [2.05, 4.69) is 28.2 Å². The average molecular weight is 1620 g/mol. The largest absolute Gasteiger partial charge is 2.00 e.